The van der Waals surface area contributed by atoms with E-state index in [0.29, 0.717) is 67.4 Å². The Labute approximate surface area is 318 Å². The first-order chi connectivity index (χ1) is 26.2. The summed E-state index contributed by atoms with van der Waals surface area (Å²) in [4.78, 5) is 52.1. The minimum Gasteiger partial charge on any atom is -0.494 e. The summed E-state index contributed by atoms with van der Waals surface area (Å²) >= 11 is 6.36. The number of halogens is 2. The molecule has 4 heterocycles. The molecule has 3 aliphatic heterocycles. The van der Waals surface area contributed by atoms with Gasteiger partial charge in [-0.1, -0.05) is 35.9 Å². The Balaban J connectivity index is 0.873. The molecule has 0 aliphatic carbocycles. The summed E-state index contributed by atoms with van der Waals surface area (Å²) in [6.07, 6.45) is 3.74. The fourth-order valence-electron chi connectivity index (χ4n) is 7.12. The number of hydrogen-bond donors (Lipinski definition) is 4. The molecule has 0 saturated carbocycles. The van der Waals surface area contributed by atoms with Gasteiger partial charge >= 0.3 is 0 Å². The average Bonchev–Trinajstić information content (AvgIpc) is 3.19. The van der Waals surface area contributed by atoms with E-state index in [0.717, 1.165) is 42.9 Å². The fourth-order valence-corrected chi connectivity index (χ4v) is 7.26. The molecule has 0 radical (unpaired) electrons. The van der Waals surface area contributed by atoms with Crippen molar-refractivity contribution >= 4 is 63.8 Å². The standard InChI is InChI=1S/C39H43ClFN9O4/c1-54-34-22-28(8-10-32(34)45-39-42-23-29(40)37(47-39)43-27-5-3-2-4-6-27)49-17-19-50(20-18-49)36(52)24-48-15-13-25(14-16-48)26-7-9-31(30(41)21-26)44-33-11-12-35(51)46-38(33)53/h2-10,21-23,25,33,44H,11-20,24H2,1H3,(H,46,51,53)(H2,42,43,45,47). The number of ether oxygens (including phenoxy) is 1. The average molecular weight is 756 g/mol. The lowest BCUT2D eigenvalue weighted by atomic mass is 9.89. The number of aromatic nitrogens is 2. The van der Waals surface area contributed by atoms with E-state index in [1.54, 1.807) is 19.4 Å². The summed E-state index contributed by atoms with van der Waals surface area (Å²) in [5.74, 6) is 0.620. The molecule has 54 heavy (non-hydrogen) atoms. The van der Waals surface area contributed by atoms with Crippen molar-refractivity contribution in [3.63, 3.8) is 0 Å². The molecule has 7 rings (SSSR count). The van der Waals surface area contributed by atoms with Crippen LogP contribution in [0.1, 0.15) is 37.2 Å². The molecular weight excluding hydrogens is 713 g/mol. The van der Waals surface area contributed by atoms with Crippen molar-refractivity contribution in [2.24, 2.45) is 0 Å². The molecule has 0 spiro atoms. The second-order valence-electron chi connectivity index (χ2n) is 13.7. The number of likely N-dealkylation sites (tertiary alicyclic amines) is 1. The quantitative estimate of drug-likeness (QED) is 0.144. The van der Waals surface area contributed by atoms with Crippen LogP contribution in [0.3, 0.4) is 0 Å². The first-order valence-corrected chi connectivity index (χ1v) is 18.5. The van der Waals surface area contributed by atoms with Crippen LogP contribution in [0.15, 0.2) is 72.9 Å². The summed E-state index contributed by atoms with van der Waals surface area (Å²) in [5, 5.41) is 12.1. The topological polar surface area (TPSA) is 144 Å². The van der Waals surface area contributed by atoms with E-state index < -0.39 is 17.8 Å². The van der Waals surface area contributed by atoms with E-state index in [9.17, 15) is 14.4 Å². The van der Waals surface area contributed by atoms with Crippen LogP contribution in [0, 0.1) is 5.82 Å². The zero-order chi connectivity index (χ0) is 37.6. The summed E-state index contributed by atoms with van der Waals surface area (Å²) in [6.45, 7) is 4.48. The van der Waals surface area contributed by atoms with Crippen molar-refractivity contribution in [1.29, 1.82) is 0 Å². The molecule has 13 nitrogen and oxygen atoms in total. The third-order valence-corrected chi connectivity index (χ3v) is 10.5. The largest absolute Gasteiger partial charge is 0.494 e. The molecule has 3 aromatic carbocycles. The van der Waals surface area contributed by atoms with Gasteiger partial charge in [-0.2, -0.15) is 4.98 Å². The number of nitrogens with one attached hydrogen (secondary N) is 4. The van der Waals surface area contributed by atoms with Crippen molar-refractivity contribution in [2.75, 3.05) is 73.8 Å². The molecule has 4 N–H and O–H groups in total. The first kappa shape index (κ1) is 36.9. The second kappa shape index (κ2) is 16.7. The number of anilines is 6. The molecule has 1 unspecified atom stereocenters. The molecule has 3 fully saturated rings. The highest BCUT2D eigenvalue weighted by atomic mass is 35.5. The van der Waals surface area contributed by atoms with Crippen LogP contribution in [0.5, 0.6) is 5.75 Å². The third kappa shape index (κ3) is 8.83. The fraction of sp³-hybridized carbons (Fsp3) is 0.359. The van der Waals surface area contributed by atoms with Crippen LogP contribution in [0.2, 0.25) is 5.02 Å². The number of carbonyl (C=O) groups excluding carboxylic acids is 3. The van der Waals surface area contributed by atoms with Crippen LogP contribution < -0.4 is 30.9 Å². The van der Waals surface area contributed by atoms with Gasteiger partial charge in [0.2, 0.25) is 23.7 Å². The Bertz CT molecular complexity index is 1990. The maximum atomic E-state index is 15.0. The lowest BCUT2D eigenvalue weighted by Gasteiger charge is -2.38. The number of rotatable bonds is 11. The van der Waals surface area contributed by atoms with E-state index in [1.807, 2.05) is 59.5 Å². The van der Waals surface area contributed by atoms with Gasteiger partial charge in [-0.25, -0.2) is 9.37 Å². The Morgan fingerprint density at radius 2 is 1.70 bits per heavy atom. The Hall–Kier alpha value is -5.47. The van der Waals surface area contributed by atoms with Crippen LogP contribution >= 0.6 is 11.6 Å². The number of para-hydroxylation sites is 1. The molecule has 15 heteroatoms. The van der Waals surface area contributed by atoms with Gasteiger partial charge in [-0.15, -0.1) is 0 Å². The van der Waals surface area contributed by atoms with Gasteiger partial charge in [0.1, 0.15) is 22.6 Å². The maximum absolute atomic E-state index is 15.0. The van der Waals surface area contributed by atoms with E-state index in [2.05, 4.69) is 41.0 Å². The van der Waals surface area contributed by atoms with Crippen molar-refractivity contribution < 1.29 is 23.5 Å². The smallest absolute Gasteiger partial charge is 0.249 e. The number of piperidine rings is 2. The van der Waals surface area contributed by atoms with Gasteiger partial charge in [0.05, 0.1) is 31.2 Å². The number of benzene rings is 3. The normalized spacial score (nSPS) is 18.2. The van der Waals surface area contributed by atoms with Gasteiger partial charge in [0, 0.05) is 50.0 Å². The molecule has 0 bridgehead atoms. The number of amides is 3. The number of imide groups is 1. The van der Waals surface area contributed by atoms with Gasteiger partial charge in [-0.05, 0) is 80.2 Å². The number of piperazine rings is 1. The molecule has 3 aliphatic rings. The van der Waals surface area contributed by atoms with Crippen molar-refractivity contribution in [2.45, 2.75) is 37.6 Å². The van der Waals surface area contributed by atoms with Crippen LogP contribution in [-0.4, -0.2) is 96.5 Å². The van der Waals surface area contributed by atoms with Crippen LogP contribution in [-0.2, 0) is 14.4 Å². The second-order valence-corrected chi connectivity index (χ2v) is 14.1. The zero-order valence-electron chi connectivity index (χ0n) is 30.0. The molecule has 4 aromatic rings. The van der Waals surface area contributed by atoms with E-state index in [4.69, 9.17) is 16.3 Å². The summed E-state index contributed by atoms with van der Waals surface area (Å²) < 4.78 is 20.7. The van der Waals surface area contributed by atoms with E-state index >= 15 is 4.39 Å². The maximum Gasteiger partial charge on any atom is 0.249 e. The number of methoxy groups -OCH3 is 1. The summed E-state index contributed by atoms with van der Waals surface area (Å²) in [6, 6.07) is 20.0. The number of carbonyl (C=O) groups is 3. The predicted octanol–water partition coefficient (Wildman–Crippen LogP) is 5.51. The lowest BCUT2D eigenvalue weighted by molar-refractivity contribution is -0.134. The predicted molar refractivity (Wildman–Crippen MR) is 206 cm³/mol. The molecule has 3 saturated heterocycles. The number of nitrogens with zero attached hydrogens (tertiary/aromatic N) is 5. The first-order valence-electron chi connectivity index (χ1n) is 18.2. The molecule has 1 atom stereocenters. The van der Waals surface area contributed by atoms with E-state index in [-0.39, 0.29) is 29.8 Å². The Morgan fingerprint density at radius 3 is 2.43 bits per heavy atom. The molecule has 1 aromatic heterocycles. The summed E-state index contributed by atoms with van der Waals surface area (Å²) in [5.41, 5.74) is 3.71. The van der Waals surface area contributed by atoms with Crippen molar-refractivity contribution in [1.82, 2.24) is 25.1 Å². The van der Waals surface area contributed by atoms with Crippen LogP contribution in [0.25, 0.3) is 0 Å². The Morgan fingerprint density at radius 1 is 0.944 bits per heavy atom. The minimum atomic E-state index is -0.639. The molecular formula is C39H43ClFN9O4. The van der Waals surface area contributed by atoms with Crippen molar-refractivity contribution in [3.05, 3.63) is 89.3 Å². The van der Waals surface area contributed by atoms with Gasteiger partial charge in [-0.3, -0.25) is 24.6 Å². The van der Waals surface area contributed by atoms with Gasteiger partial charge in [0.25, 0.3) is 0 Å². The zero-order valence-corrected chi connectivity index (χ0v) is 30.7. The third-order valence-electron chi connectivity index (χ3n) is 10.2. The summed E-state index contributed by atoms with van der Waals surface area (Å²) in [7, 11) is 1.62. The minimum absolute atomic E-state index is 0.115. The van der Waals surface area contributed by atoms with E-state index in [1.165, 1.54) is 6.07 Å². The Kier molecular flexibility index (Phi) is 11.4. The van der Waals surface area contributed by atoms with Crippen LogP contribution in [0.4, 0.5) is 38.9 Å². The van der Waals surface area contributed by atoms with Gasteiger partial charge < -0.3 is 30.5 Å². The molecule has 3 amide bonds. The number of hydrogen-bond acceptors (Lipinski definition) is 11. The monoisotopic (exact) mass is 755 g/mol. The van der Waals surface area contributed by atoms with Gasteiger partial charge in [0.15, 0.2) is 5.82 Å². The highest BCUT2D eigenvalue weighted by Crippen LogP contribution is 2.34. The highest BCUT2D eigenvalue weighted by Gasteiger charge is 2.29. The lowest BCUT2D eigenvalue weighted by Crippen LogP contribution is -2.51. The SMILES string of the molecule is COc1cc(N2CCN(C(=O)CN3CCC(c4ccc(NC5CCC(=O)NC5=O)c(F)c4)CC3)CC2)ccc1Nc1ncc(Cl)c(Nc2ccccc2)n1. The van der Waals surface area contributed by atoms with Crippen molar-refractivity contribution in [3.8, 4) is 5.75 Å². The highest BCUT2D eigenvalue weighted by molar-refractivity contribution is 6.32. The molecule has 282 valence electrons.